The summed E-state index contributed by atoms with van der Waals surface area (Å²) in [6.07, 6.45) is 9.32. The zero-order valence-corrected chi connectivity index (χ0v) is 17.1. The van der Waals surface area contributed by atoms with E-state index in [-0.39, 0.29) is 17.5 Å². The van der Waals surface area contributed by atoms with Crippen molar-refractivity contribution in [1.29, 1.82) is 0 Å². The lowest BCUT2D eigenvalue weighted by Crippen LogP contribution is -2.43. The molecule has 2 unspecified atom stereocenters. The molecule has 2 rings (SSSR count). The SMILES string of the molecule is CCCCn1c(CCC)c(CC)cc(C(=O)NC2CCCCC2C)c1=O. The van der Waals surface area contributed by atoms with E-state index in [0.717, 1.165) is 62.6 Å². The minimum Gasteiger partial charge on any atom is -0.349 e. The molecular weight excluding hydrogens is 324 g/mol. The van der Waals surface area contributed by atoms with E-state index in [1.165, 1.54) is 6.42 Å². The highest BCUT2D eigenvalue weighted by molar-refractivity contribution is 5.94. The maximum atomic E-state index is 13.1. The summed E-state index contributed by atoms with van der Waals surface area (Å²) in [5, 5.41) is 3.16. The maximum Gasteiger partial charge on any atom is 0.263 e. The van der Waals surface area contributed by atoms with Gasteiger partial charge in [-0.1, -0.05) is 53.4 Å². The first kappa shape index (κ1) is 20.7. The molecule has 1 aromatic heterocycles. The summed E-state index contributed by atoms with van der Waals surface area (Å²) in [5.74, 6) is 0.303. The van der Waals surface area contributed by atoms with Crippen molar-refractivity contribution in [1.82, 2.24) is 9.88 Å². The first-order valence-corrected chi connectivity index (χ1v) is 10.6. The van der Waals surface area contributed by atoms with Crippen LogP contribution in [0.4, 0.5) is 0 Å². The molecule has 1 aliphatic carbocycles. The van der Waals surface area contributed by atoms with E-state index in [2.05, 4.69) is 33.0 Å². The molecule has 1 N–H and O–H groups in total. The summed E-state index contributed by atoms with van der Waals surface area (Å²) in [6.45, 7) is 9.28. The van der Waals surface area contributed by atoms with Crippen LogP contribution in [-0.2, 0) is 19.4 Å². The third kappa shape index (κ3) is 4.77. The third-order valence-corrected chi connectivity index (χ3v) is 5.77. The third-order valence-electron chi connectivity index (χ3n) is 5.77. The molecule has 4 nitrogen and oxygen atoms in total. The molecule has 0 bridgehead atoms. The molecule has 0 aliphatic heterocycles. The lowest BCUT2D eigenvalue weighted by molar-refractivity contribution is 0.0908. The molecule has 26 heavy (non-hydrogen) atoms. The average Bonchev–Trinajstić information content (AvgIpc) is 2.63. The first-order chi connectivity index (χ1) is 12.5. The average molecular weight is 361 g/mol. The summed E-state index contributed by atoms with van der Waals surface area (Å²) in [6, 6.07) is 2.05. The molecular formula is C22H36N2O2. The summed E-state index contributed by atoms with van der Waals surface area (Å²) in [5.41, 5.74) is 2.48. The molecule has 2 atom stereocenters. The highest BCUT2D eigenvalue weighted by Gasteiger charge is 2.25. The molecule has 1 aliphatic rings. The van der Waals surface area contributed by atoms with Crippen LogP contribution in [-0.4, -0.2) is 16.5 Å². The van der Waals surface area contributed by atoms with Crippen LogP contribution < -0.4 is 10.9 Å². The highest BCUT2D eigenvalue weighted by Crippen LogP contribution is 2.24. The van der Waals surface area contributed by atoms with Gasteiger partial charge >= 0.3 is 0 Å². The number of rotatable bonds is 8. The Morgan fingerprint density at radius 2 is 1.92 bits per heavy atom. The number of nitrogens with one attached hydrogen (secondary N) is 1. The molecule has 0 spiro atoms. The Bertz CT molecular complexity index is 663. The predicted octanol–water partition coefficient (Wildman–Crippen LogP) is 4.47. The van der Waals surface area contributed by atoms with E-state index in [0.29, 0.717) is 18.0 Å². The maximum absolute atomic E-state index is 13.1. The fraction of sp³-hybridized carbons (Fsp3) is 0.727. The Kier molecular flexibility index (Phi) is 7.92. The van der Waals surface area contributed by atoms with Gasteiger partial charge in [-0.25, -0.2) is 0 Å². The Morgan fingerprint density at radius 3 is 2.54 bits per heavy atom. The topological polar surface area (TPSA) is 51.1 Å². The van der Waals surface area contributed by atoms with Crippen molar-refractivity contribution in [2.45, 2.75) is 98.1 Å². The van der Waals surface area contributed by atoms with Crippen molar-refractivity contribution in [3.63, 3.8) is 0 Å². The number of carbonyl (C=O) groups excluding carboxylic acids is 1. The van der Waals surface area contributed by atoms with Crippen molar-refractivity contribution >= 4 is 5.91 Å². The number of pyridine rings is 1. The van der Waals surface area contributed by atoms with Gasteiger partial charge in [0.15, 0.2) is 0 Å². The molecule has 0 aromatic carbocycles. The van der Waals surface area contributed by atoms with Crippen molar-refractivity contribution in [2.24, 2.45) is 5.92 Å². The zero-order chi connectivity index (χ0) is 19.1. The van der Waals surface area contributed by atoms with E-state index in [9.17, 15) is 9.59 Å². The van der Waals surface area contributed by atoms with E-state index in [4.69, 9.17) is 0 Å². The van der Waals surface area contributed by atoms with Crippen molar-refractivity contribution in [3.8, 4) is 0 Å². The van der Waals surface area contributed by atoms with Gasteiger partial charge in [0.1, 0.15) is 5.56 Å². The predicted molar refractivity (Wildman–Crippen MR) is 108 cm³/mol. The molecule has 1 amide bonds. The van der Waals surface area contributed by atoms with Crippen LogP contribution >= 0.6 is 0 Å². The number of nitrogens with zero attached hydrogens (tertiary/aromatic N) is 1. The Morgan fingerprint density at radius 1 is 1.19 bits per heavy atom. The lowest BCUT2D eigenvalue weighted by atomic mass is 9.86. The molecule has 4 heteroatoms. The molecule has 0 radical (unpaired) electrons. The zero-order valence-electron chi connectivity index (χ0n) is 17.1. The summed E-state index contributed by atoms with van der Waals surface area (Å²) in [4.78, 5) is 26.0. The molecule has 146 valence electrons. The molecule has 1 heterocycles. The molecule has 0 saturated heterocycles. The summed E-state index contributed by atoms with van der Waals surface area (Å²) >= 11 is 0. The number of aryl methyl sites for hydroxylation is 1. The summed E-state index contributed by atoms with van der Waals surface area (Å²) in [7, 11) is 0. The first-order valence-electron chi connectivity index (χ1n) is 10.6. The second-order valence-electron chi connectivity index (χ2n) is 7.79. The number of aromatic nitrogens is 1. The number of unbranched alkanes of at least 4 members (excludes halogenated alkanes) is 1. The Hall–Kier alpha value is -1.58. The van der Waals surface area contributed by atoms with Crippen LogP contribution in [0.5, 0.6) is 0 Å². The number of hydrogen-bond donors (Lipinski definition) is 1. The quantitative estimate of drug-likeness (QED) is 0.743. The largest absolute Gasteiger partial charge is 0.349 e. The second kappa shape index (κ2) is 9.94. The van der Waals surface area contributed by atoms with Gasteiger partial charge in [0, 0.05) is 18.3 Å². The van der Waals surface area contributed by atoms with Gasteiger partial charge in [-0.2, -0.15) is 0 Å². The Balaban J connectivity index is 2.37. The molecule has 1 saturated carbocycles. The van der Waals surface area contributed by atoms with Gasteiger partial charge in [0.25, 0.3) is 11.5 Å². The van der Waals surface area contributed by atoms with Crippen LogP contribution in [0.15, 0.2) is 10.9 Å². The smallest absolute Gasteiger partial charge is 0.263 e. The van der Waals surface area contributed by atoms with Crippen molar-refractivity contribution in [3.05, 3.63) is 33.2 Å². The van der Waals surface area contributed by atoms with Gasteiger partial charge in [-0.05, 0) is 49.7 Å². The highest BCUT2D eigenvalue weighted by atomic mass is 16.2. The van der Waals surface area contributed by atoms with Gasteiger partial charge in [0.05, 0.1) is 0 Å². The van der Waals surface area contributed by atoms with Crippen LogP contribution in [0.2, 0.25) is 0 Å². The number of amides is 1. The van der Waals surface area contributed by atoms with Crippen molar-refractivity contribution in [2.75, 3.05) is 0 Å². The minimum absolute atomic E-state index is 0.111. The van der Waals surface area contributed by atoms with Crippen LogP contribution in [0, 0.1) is 5.92 Å². The fourth-order valence-corrected chi connectivity index (χ4v) is 4.09. The van der Waals surface area contributed by atoms with Gasteiger partial charge in [-0.15, -0.1) is 0 Å². The lowest BCUT2D eigenvalue weighted by Gasteiger charge is -2.29. The summed E-state index contributed by atoms with van der Waals surface area (Å²) < 4.78 is 1.88. The van der Waals surface area contributed by atoms with Gasteiger partial charge in [0.2, 0.25) is 0 Å². The van der Waals surface area contributed by atoms with Crippen LogP contribution in [0.25, 0.3) is 0 Å². The Labute approximate surface area is 158 Å². The molecule has 1 fully saturated rings. The van der Waals surface area contributed by atoms with Gasteiger partial charge < -0.3 is 9.88 Å². The standard InChI is InChI=1S/C22H36N2O2/c1-5-8-14-24-20(11-6-2)17(7-3)15-18(22(24)26)21(25)23-19-13-10-9-12-16(19)4/h15-16,19H,5-14H2,1-4H3,(H,23,25). The van der Waals surface area contributed by atoms with Gasteiger partial charge in [-0.3, -0.25) is 9.59 Å². The van der Waals surface area contributed by atoms with E-state index < -0.39 is 0 Å². The normalized spacial score (nSPS) is 20.2. The van der Waals surface area contributed by atoms with E-state index >= 15 is 0 Å². The van der Waals surface area contributed by atoms with Crippen LogP contribution in [0.3, 0.4) is 0 Å². The van der Waals surface area contributed by atoms with Crippen molar-refractivity contribution < 1.29 is 4.79 Å². The van der Waals surface area contributed by atoms with E-state index in [1.807, 2.05) is 10.6 Å². The van der Waals surface area contributed by atoms with Crippen LogP contribution in [0.1, 0.15) is 94.3 Å². The monoisotopic (exact) mass is 360 g/mol. The number of carbonyl (C=O) groups is 1. The fourth-order valence-electron chi connectivity index (χ4n) is 4.09. The molecule has 1 aromatic rings. The number of hydrogen-bond acceptors (Lipinski definition) is 2. The second-order valence-corrected chi connectivity index (χ2v) is 7.79. The minimum atomic E-state index is -0.184. The van der Waals surface area contributed by atoms with E-state index in [1.54, 1.807) is 0 Å².